The Morgan fingerprint density at radius 2 is 1.70 bits per heavy atom. The van der Waals surface area contributed by atoms with E-state index in [2.05, 4.69) is 117 Å². The van der Waals surface area contributed by atoms with Crippen molar-refractivity contribution in [2.75, 3.05) is 31.6 Å². The van der Waals surface area contributed by atoms with Crippen LogP contribution in [-0.4, -0.2) is 65.2 Å². The van der Waals surface area contributed by atoms with Crippen molar-refractivity contribution >= 4 is 51.8 Å². The molecule has 1 saturated heterocycles. The fourth-order valence-corrected chi connectivity index (χ4v) is 10.5. The van der Waals surface area contributed by atoms with Crippen LogP contribution < -0.4 is 4.90 Å². The average Bonchev–Trinajstić information content (AvgIpc) is 3.76. The molecule has 0 saturated carbocycles. The standard InChI is InChI=1S/C46H59Cl2N5O/c1-9-30(4)53-45(39-16-12-15-36-35(27-54)26-51(8)44(36)39)37(14-11-10-13-34-23-28(2)43(48)29(3)24-34)38-17-18-40(47)42(46(38)53)41-31(5)49-52(32(41)6)25-33-19-21-50(7)22-20-33/h12,15-18,23-24,26-27,30,32-33,37,41,45H,9-11,13-14,19-22,25H2,1-8H3/t30-,32?,37?,41?,45?/m1/s1. The largest absolute Gasteiger partial charge is 0.361 e. The first-order chi connectivity index (χ1) is 25.9. The third-order valence-electron chi connectivity index (χ3n) is 13.1. The molecule has 1 fully saturated rings. The molecular weight excluding hydrogens is 709 g/mol. The Bertz CT molecular complexity index is 2020. The van der Waals surface area contributed by atoms with Crippen LogP contribution in [0.25, 0.3) is 10.9 Å². The number of benzene rings is 3. The molecule has 3 aromatic carbocycles. The molecule has 0 amide bonds. The van der Waals surface area contributed by atoms with Gasteiger partial charge in [-0.15, -0.1) is 0 Å². The van der Waals surface area contributed by atoms with Gasteiger partial charge in [-0.25, -0.2) is 0 Å². The number of aromatic nitrogens is 1. The number of fused-ring (bicyclic) bond motifs is 2. The number of anilines is 1. The number of para-hydroxylation sites is 1. The molecule has 5 atom stereocenters. The Balaban J connectivity index is 1.30. The van der Waals surface area contributed by atoms with Crippen LogP contribution in [0.3, 0.4) is 0 Å². The number of aryl methyl sites for hydroxylation is 4. The molecule has 7 rings (SSSR count). The highest BCUT2D eigenvalue weighted by Crippen LogP contribution is 2.58. The molecule has 0 aliphatic carbocycles. The fraction of sp³-hybridized carbons (Fsp3) is 0.522. The highest BCUT2D eigenvalue weighted by Gasteiger charge is 2.47. The smallest absolute Gasteiger partial charge is 0.152 e. The SMILES string of the molecule is CC[C@@H](C)N1c2c(ccc(Cl)c2C2C(C)=NN(CC3CCN(C)CC3)C2C)C(CCCCc2cc(C)c(Cl)c(C)c2)C1c1cccc2c(C=O)cn(C)c12. The summed E-state index contributed by atoms with van der Waals surface area (Å²) in [7, 11) is 4.32. The molecule has 4 unspecified atom stereocenters. The van der Waals surface area contributed by atoms with Crippen molar-refractivity contribution in [1.29, 1.82) is 0 Å². The number of piperidine rings is 1. The number of likely N-dealkylation sites (tertiary alicyclic amines) is 1. The van der Waals surface area contributed by atoms with Crippen LogP contribution in [-0.2, 0) is 13.5 Å². The topological polar surface area (TPSA) is 44.1 Å². The lowest BCUT2D eigenvalue weighted by Gasteiger charge is -2.38. The maximum absolute atomic E-state index is 12.3. The minimum atomic E-state index is 0.0910. The van der Waals surface area contributed by atoms with Gasteiger partial charge in [-0.3, -0.25) is 9.80 Å². The normalized spacial score (nSPS) is 22.7. The summed E-state index contributed by atoms with van der Waals surface area (Å²) in [5.74, 6) is 1.01. The molecule has 54 heavy (non-hydrogen) atoms. The van der Waals surface area contributed by atoms with Gasteiger partial charge in [0.05, 0.1) is 17.6 Å². The number of aldehydes is 1. The number of carbonyl (C=O) groups excluding carboxylic acids is 1. The Kier molecular flexibility index (Phi) is 11.6. The van der Waals surface area contributed by atoms with Gasteiger partial charge in [0.25, 0.3) is 0 Å². The number of nitrogens with zero attached hydrogens (tertiary/aromatic N) is 5. The maximum Gasteiger partial charge on any atom is 0.152 e. The quantitative estimate of drug-likeness (QED) is 0.106. The van der Waals surface area contributed by atoms with Crippen molar-refractivity contribution in [2.24, 2.45) is 18.1 Å². The lowest BCUT2D eigenvalue weighted by molar-refractivity contribution is 0.112. The summed E-state index contributed by atoms with van der Waals surface area (Å²) in [6, 6.07) is 16.1. The zero-order valence-corrected chi connectivity index (χ0v) is 35.1. The number of unbranched alkanes of at least 4 members (excludes halogenated alkanes) is 1. The number of rotatable bonds is 12. The second-order valence-electron chi connectivity index (χ2n) is 16.8. The van der Waals surface area contributed by atoms with Crippen molar-refractivity contribution in [1.82, 2.24) is 14.5 Å². The van der Waals surface area contributed by atoms with Crippen molar-refractivity contribution < 1.29 is 4.79 Å². The highest BCUT2D eigenvalue weighted by molar-refractivity contribution is 6.32. The van der Waals surface area contributed by atoms with E-state index in [4.69, 9.17) is 28.3 Å². The van der Waals surface area contributed by atoms with E-state index < -0.39 is 0 Å². The van der Waals surface area contributed by atoms with Crippen molar-refractivity contribution in [2.45, 2.75) is 116 Å². The molecule has 0 spiro atoms. The molecule has 4 heterocycles. The van der Waals surface area contributed by atoms with Crippen LogP contribution in [0.15, 0.2) is 53.8 Å². The van der Waals surface area contributed by atoms with E-state index in [-0.39, 0.29) is 30.0 Å². The molecular formula is C46H59Cl2N5O. The van der Waals surface area contributed by atoms with Crippen LogP contribution >= 0.6 is 23.2 Å². The first kappa shape index (κ1) is 38.9. The van der Waals surface area contributed by atoms with Gasteiger partial charge in [-0.05, 0) is 133 Å². The van der Waals surface area contributed by atoms with Crippen molar-refractivity contribution in [3.8, 4) is 0 Å². The third-order valence-corrected chi connectivity index (χ3v) is 14.0. The van der Waals surface area contributed by atoms with E-state index in [1.165, 1.54) is 40.8 Å². The molecule has 0 bridgehead atoms. The molecule has 6 nitrogen and oxygen atoms in total. The van der Waals surface area contributed by atoms with E-state index in [0.29, 0.717) is 5.92 Å². The first-order valence-corrected chi connectivity index (χ1v) is 21.1. The van der Waals surface area contributed by atoms with E-state index in [1.54, 1.807) is 0 Å². The fourth-order valence-electron chi connectivity index (χ4n) is 10.1. The first-order valence-electron chi connectivity index (χ1n) is 20.3. The molecule has 0 radical (unpaired) electrons. The Morgan fingerprint density at radius 3 is 2.39 bits per heavy atom. The van der Waals surface area contributed by atoms with E-state index >= 15 is 0 Å². The predicted molar refractivity (Wildman–Crippen MR) is 228 cm³/mol. The van der Waals surface area contributed by atoms with Gasteiger partial charge < -0.3 is 14.4 Å². The molecule has 288 valence electrons. The summed E-state index contributed by atoms with van der Waals surface area (Å²) in [4.78, 5) is 17.4. The zero-order chi connectivity index (χ0) is 38.4. The van der Waals surface area contributed by atoms with Crippen molar-refractivity contribution in [3.63, 3.8) is 0 Å². The second-order valence-corrected chi connectivity index (χ2v) is 17.6. The van der Waals surface area contributed by atoms with Gasteiger partial charge >= 0.3 is 0 Å². The van der Waals surface area contributed by atoms with Crippen LogP contribution in [0, 0.1) is 19.8 Å². The number of carbonyl (C=O) groups is 1. The number of hydrogen-bond acceptors (Lipinski definition) is 5. The summed E-state index contributed by atoms with van der Waals surface area (Å²) < 4.78 is 2.17. The van der Waals surface area contributed by atoms with Crippen molar-refractivity contribution in [3.05, 3.63) is 97.7 Å². The maximum atomic E-state index is 12.3. The van der Waals surface area contributed by atoms with Gasteiger partial charge in [0.1, 0.15) is 0 Å². The summed E-state index contributed by atoms with van der Waals surface area (Å²) in [6.07, 6.45) is 10.7. The lowest BCUT2D eigenvalue weighted by Crippen LogP contribution is -2.39. The summed E-state index contributed by atoms with van der Waals surface area (Å²) in [5, 5.41) is 10.4. The molecule has 1 aromatic heterocycles. The Labute approximate surface area is 333 Å². The second kappa shape index (κ2) is 16.0. The van der Waals surface area contributed by atoms with E-state index in [1.807, 2.05) is 6.20 Å². The van der Waals surface area contributed by atoms with Gasteiger partial charge in [-0.1, -0.05) is 72.9 Å². The molecule has 0 N–H and O–H groups in total. The summed E-state index contributed by atoms with van der Waals surface area (Å²) in [6.45, 7) is 16.8. The average molecular weight is 769 g/mol. The molecule has 3 aliphatic rings. The Morgan fingerprint density at radius 1 is 0.981 bits per heavy atom. The number of hydrazone groups is 1. The third kappa shape index (κ3) is 7.12. The van der Waals surface area contributed by atoms with Crippen LogP contribution in [0.4, 0.5) is 5.69 Å². The highest BCUT2D eigenvalue weighted by atomic mass is 35.5. The molecule has 3 aliphatic heterocycles. The zero-order valence-electron chi connectivity index (χ0n) is 33.6. The monoisotopic (exact) mass is 767 g/mol. The molecule has 8 heteroatoms. The minimum Gasteiger partial charge on any atom is -0.361 e. The number of halogens is 2. The van der Waals surface area contributed by atoms with Gasteiger partial charge in [0.2, 0.25) is 0 Å². The van der Waals surface area contributed by atoms with Crippen LogP contribution in [0.1, 0.15) is 128 Å². The van der Waals surface area contributed by atoms with Gasteiger partial charge in [0.15, 0.2) is 6.29 Å². The van der Waals surface area contributed by atoms with Crippen LogP contribution in [0.2, 0.25) is 10.0 Å². The summed E-state index contributed by atoms with van der Waals surface area (Å²) in [5.41, 5.74) is 11.9. The minimum absolute atomic E-state index is 0.0910. The molecule has 4 aromatic rings. The Hall–Kier alpha value is -3.32. The summed E-state index contributed by atoms with van der Waals surface area (Å²) >= 11 is 14.0. The van der Waals surface area contributed by atoms with Gasteiger partial charge in [0, 0.05) is 75.6 Å². The number of hydrogen-bond donors (Lipinski definition) is 0. The van der Waals surface area contributed by atoms with Gasteiger partial charge in [-0.2, -0.15) is 5.10 Å². The van der Waals surface area contributed by atoms with Crippen LogP contribution in [0.5, 0.6) is 0 Å². The van der Waals surface area contributed by atoms with E-state index in [9.17, 15) is 4.79 Å². The predicted octanol–water partition coefficient (Wildman–Crippen LogP) is 11.3. The lowest BCUT2D eigenvalue weighted by atomic mass is 9.82. The van der Waals surface area contributed by atoms with E-state index in [0.717, 1.165) is 101 Å².